The largest absolute Gasteiger partial charge is 0.508 e. The molecular weight excluding hydrogens is 312 g/mol. The molecule has 0 aliphatic rings. The van der Waals surface area contributed by atoms with Gasteiger partial charge < -0.3 is 15.3 Å². The summed E-state index contributed by atoms with van der Waals surface area (Å²) in [7, 11) is 0. The molecule has 2 aromatic rings. The fourth-order valence-electron chi connectivity index (χ4n) is 1.92. The zero-order chi connectivity index (χ0) is 14.0. The van der Waals surface area contributed by atoms with Crippen molar-refractivity contribution in [3.8, 4) is 16.9 Å². The highest BCUT2D eigenvalue weighted by atomic mass is 79.9. The maximum atomic E-state index is 11.4. The van der Waals surface area contributed by atoms with Crippen molar-refractivity contribution >= 4 is 21.9 Å². The van der Waals surface area contributed by atoms with E-state index in [9.17, 15) is 20.1 Å². The minimum absolute atomic E-state index is 0.00243. The van der Waals surface area contributed by atoms with Gasteiger partial charge in [0.1, 0.15) is 5.75 Å². The average Bonchev–Trinajstić information content (AvgIpc) is 2.38. The number of phenols is 1. The molecule has 0 heterocycles. The number of rotatable bonds is 3. The topological polar surface area (TPSA) is 77.8 Å². The number of benzene rings is 2. The van der Waals surface area contributed by atoms with Crippen molar-refractivity contribution in [1.82, 2.24) is 0 Å². The molecule has 5 heteroatoms. The van der Waals surface area contributed by atoms with Gasteiger partial charge in [-0.05, 0) is 35.4 Å². The second-order valence-corrected chi connectivity index (χ2v) is 4.91. The lowest BCUT2D eigenvalue weighted by Crippen LogP contribution is -2.05. The van der Waals surface area contributed by atoms with Crippen LogP contribution in [-0.2, 0) is 6.61 Å². The predicted molar refractivity (Wildman–Crippen MR) is 74.1 cm³/mol. The van der Waals surface area contributed by atoms with Crippen LogP contribution in [0.5, 0.6) is 5.75 Å². The quantitative estimate of drug-likeness (QED) is 0.811. The van der Waals surface area contributed by atoms with Crippen molar-refractivity contribution in [3.63, 3.8) is 0 Å². The van der Waals surface area contributed by atoms with Gasteiger partial charge in [-0.3, -0.25) is 0 Å². The van der Waals surface area contributed by atoms with Gasteiger partial charge in [0, 0.05) is 10.0 Å². The third-order valence-corrected chi connectivity index (χ3v) is 3.27. The van der Waals surface area contributed by atoms with Gasteiger partial charge in [0.25, 0.3) is 0 Å². The molecule has 0 unspecified atom stereocenters. The van der Waals surface area contributed by atoms with E-state index in [2.05, 4.69) is 15.9 Å². The third-order valence-electron chi connectivity index (χ3n) is 2.74. The zero-order valence-electron chi connectivity index (χ0n) is 9.80. The first-order valence-corrected chi connectivity index (χ1v) is 6.28. The lowest BCUT2D eigenvalue weighted by Gasteiger charge is -2.11. The van der Waals surface area contributed by atoms with Crippen LogP contribution in [-0.4, -0.2) is 21.3 Å². The maximum Gasteiger partial charge on any atom is 0.336 e. The van der Waals surface area contributed by atoms with E-state index in [1.165, 1.54) is 12.1 Å². The summed E-state index contributed by atoms with van der Waals surface area (Å²) in [6.07, 6.45) is 0. The van der Waals surface area contributed by atoms with Crippen molar-refractivity contribution in [2.24, 2.45) is 0 Å². The van der Waals surface area contributed by atoms with Crippen LogP contribution in [0.2, 0.25) is 0 Å². The number of carboxylic acid groups (broad SMARTS) is 1. The second kappa shape index (κ2) is 5.42. The van der Waals surface area contributed by atoms with Gasteiger partial charge in [-0.15, -0.1) is 0 Å². The number of carboxylic acids is 1. The zero-order valence-corrected chi connectivity index (χ0v) is 11.4. The smallest absolute Gasteiger partial charge is 0.336 e. The van der Waals surface area contributed by atoms with Gasteiger partial charge in [-0.2, -0.15) is 0 Å². The van der Waals surface area contributed by atoms with Gasteiger partial charge >= 0.3 is 5.97 Å². The summed E-state index contributed by atoms with van der Waals surface area (Å²) in [5, 5.41) is 28.1. The van der Waals surface area contributed by atoms with Gasteiger partial charge in [0.15, 0.2) is 0 Å². The first-order valence-electron chi connectivity index (χ1n) is 5.49. The second-order valence-electron chi connectivity index (χ2n) is 4.00. The molecule has 19 heavy (non-hydrogen) atoms. The van der Waals surface area contributed by atoms with Gasteiger partial charge in [0.05, 0.1) is 12.2 Å². The van der Waals surface area contributed by atoms with Crippen LogP contribution >= 0.6 is 15.9 Å². The summed E-state index contributed by atoms with van der Waals surface area (Å²) in [5.41, 5.74) is 1.23. The molecule has 0 aliphatic heterocycles. The molecule has 0 amide bonds. The van der Waals surface area contributed by atoms with Crippen molar-refractivity contribution < 1.29 is 20.1 Å². The molecule has 0 bridgehead atoms. The molecule has 98 valence electrons. The molecule has 0 aromatic heterocycles. The Hall–Kier alpha value is -1.85. The number of aliphatic hydroxyl groups is 1. The van der Waals surface area contributed by atoms with Crippen LogP contribution in [0.1, 0.15) is 15.9 Å². The molecule has 0 aliphatic carbocycles. The molecule has 2 rings (SSSR count). The summed E-state index contributed by atoms with van der Waals surface area (Å²) in [6.45, 7) is -0.445. The molecular formula is C14H11BrO4. The fraction of sp³-hybridized carbons (Fsp3) is 0.0714. The number of hydrogen-bond acceptors (Lipinski definition) is 3. The number of aromatic carboxylic acids is 1. The van der Waals surface area contributed by atoms with Crippen molar-refractivity contribution in [3.05, 3.63) is 52.0 Å². The Bertz CT molecular complexity index is 620. The van der Waals surface area contributed by atoms with E-state index in [1.54, 1.807) is 24.3 Å². The fourth-order valence-corrected chi connectivity index (χ4v) is 2.18. The Morgan fingerprint density at radius 3 is 2.32 bits per heavy atom. The standard InChI is InChI=1S/C14H11BrO4/c15-10-3-1-8(2-4-10)12-6-11(17)5-9(7-16)13(12)14(18)19/h1-6,16-17H,7H2,(H,18,19). The molecule has 0 saturated carbocycles. The number of aliphatic hydroxyl groups excluding tert-OH is 1. The molecule has 0 saturated heterocycles. The lowest BCUT2D eigenvalue weighted by atomic mass is 9.95. The van der Waals surface area contributed by atoms with Crippen LogP contribution in [0.25, 0.3) is 11.1 Å². The van der Waals surface area contributed by atoms with Crippen molar-refractivity contribution in [1.29, 1.82) is 0 Å². The summed E-state index contributed by atoms with van der Waals surface area (Å²) in [4.78, 5) is 11.4. The summed E-state index contributed by atoms with van der Waals surface area (Å²) >= 11 is 3.30. The number of carbonyl (C=O) groups is 1. The molecule has 0 fully saturated rings. The molecule has 0 atom stereocenters. The van der Waals surface area contributed by atoms with Crippen molar-refractivity contribution in [2.45, 2.75) is 6.61 Å². The lowest BCUT2D eigenvalue weighted by molar-refractivity contribution is 0.0694. The highest BCUT2D eigenvalue weighted by Gasteiger charge is 2.17. The minimum atomic E-state index is -1.14. The van der Waals surface area contributed by atoms with Crippen LogP contribution in [0, 0.1) is 0 Å². The Kier molecular flexibility index (Phi) is 3.87. The molecule has 0 spiro atoms. The third kappa shape index (κ3) is 2.77. The van der Waals surface area contributed by atoms with Crippen molar-refractivity contribution in [2.75, 3.05) is 0 Å². The highest BCUT2D eigenvalue weighted by Crippen LogP contribution is 2.31. The van der Waals surface area contributed by atoms with Gasteiger partial charge in [0.2, 0.25) is 0 Å². The van der Waals surface area contributed by atoms with Crippen LogP contribution in [0.3, 0.4) is 0 Å². The summed E-state index contributed by atoms with van der Waals surface area (Å²) in [5.74, 6) is -1.21. The summed E-state index contributed by atoms with van der Waals surface area (Å²) in [6, 6.07) is 9.68. The van der Waals surface area contributed by atoms with Gasteiger partial charge in [-0.1, -0.05) is 28.1 Å². The van der Waals surface area contributed by atoms with E-state index >= 15 is 0 Å². The van der Waals surface area contributed by atoms with Gasteiger partial charge in [-0.25, -0.2) is 4.79 Å². The predicted octanol–water partition coefficient (Wildman–Crippen LogP) is 3.01. The molecule has 0 radical (unpaired) electrons. The Labute approximate surface area is 118 Å². The first kappa shape index (κ1) is 13.6. The molecule has 2 aromatic carbocycles. The Balaban J connectivity index is 2.70. The summed E-state index contributed by atoms with van der Waals surface area (Å²) < 4.78 is 0.871. The minimum Gasteiger partial charge on any atom is -0.508 e. The van der Waals surface area contributed by atoms with E-state index in [4.69, 9.17) is 0 Å². The monoisotopic (exact) mass is 322 g/mol. The normalized spacial score (nSPS) is 10.4. The molecule has 4 nitrogen and oxygen atoms in total. The Morgan fingerprint density at radius 1 is 1.16 bits per heavy atom. The SMILES string of the molecule is O=C(O)c1c(CO)cc(O)cc1-c1ccc(Br)cc1. The van der Waals surface area contributed by atoms with E-state index in [0.29, 0.717) is 11.1 Å². The van der Waals surface area contributed by atoms with E-state index < -0.39 is 12.6 Å². The maximum absolute atomic E-state index is 11.4. The van der Waals surface area contributed by atoms with E-state index in [1.807, 2.05) is 0 Å². The number of phenolic OH excluding ortho intramolecular Hbond substituents is 1. The van der Waals surface area contributed by atoms with E-state index in [-0.39, 0.29) is 16.9 Å². The number of aromatic hydroxyl groups is 1. The highest BCUT2D eigenvalue weighted by molar-refractivity contribution is 9.10. The average molecular weight is 323 g/mol. The van der Waals surface area contributed by atoms with E-state index in [0.717, 1.165) is 4.47 Å². The first-order chi connectivity index (χ1) is 9.02. The Morgan fingerprint density at radius 2 is 1.79 bits per heavy atom. The van der Waals surface area contributed by atoms with Crippen LogP contribution in [0.4, 0.5) is 0 Å². The number of halogens is 1. The number of hydrogen-bond donors (Lipinski definition) is 3. The van der Waals surface area contributed by atoms with Crippen LogP contribution in [0.15, 0.2) is 40.9 Å². The van der Waals surface area contributed by atoms with Crippen LogP contribution < -0.4 is 0 Å². The molecule has 3 N–H and O–H groups in total.